The van der Waals surface area contributed by atoms with Gasteiger partial charge in [-0.05, 0) is 47.2 Å². The monoisotopic (exact) mass is 515 g/mol. The van der Waals surface area contributed by atoms with Crippen LogP contribution in [0, 0.1) is 0 Å². The van der Waals surface area contributed by atoms with Crippen molar-refractivity contribution in [2.45, 2.75) is 5.92 Å². The summed E-state index contributed by atoms with van der Waals surface area (Å²) in [7, 11) is 0. The Bertz CT molecular complexity index is 1690. The van der Waals surface area contributed by atoms with Gasteiger partial charge in [-0.1, -0.05) is 84.9 Å². The van der Waals surface area contributed by atoms with Crippen LogP contribution in [0.3, 0.4) is 0 Å². The molecule has 39 heavy (non-hydrogen) atoms. The number of aromatic nitrogens is 3. The Morgan fingerprint density at radius 1 is 0.641 bits per heavy atom. The van der Waals surface area contributed by atoms with Crippen LogP contribution in [0.2, 0.25) is 0 Å². The van der Waals surface area contributed by atoms with Crippen molar-refractivity contribution in [1.29, 1.82) is 0 Å². The molecule has 1 aliphatic carbocycles. The molecule has 0 saturated carbocycles. The number of alkyl halides is 2. The summed E-state index contributed by atoms with van der Waals surface area (Å²) in [5, 5.41) is 0. The number of hydrogen-bond acceptors (Lipinski definition) is 5. The predicted octanol–water partition coefficient (Wildman–Crippen LogP) is 6.77. The summed E-state index contributed by atoms with van der Waals surface area (Å²) in [6.45, 7) is 0. The molecular formula is C32H23F2N5. The first-order valence-electron chi connectivity index (χ1n) is 12.3. The first kappa shape index (κ1) is 24.2. The molecule has 5 aromatic rings. The molecule has 190 valence electrons. The van der Waals surface area contributed by atoms with Gasteiger partial charge in [-0.25, -0.2) is 15.0 Å². The summed E-state index contributed by atoms with van der Waals surface area (Å²) < 4.78 is 30.9. The van der Waals surface area contributed by atoms with Crippen LogP contribution >= 0.6 is 0 Å². The largest absolute Gasteiger partial charge is 0.405 e. The van der Waals surface area contributed by atoms with Gasteiger partial charge >= 0.3 is 0 Å². The summed E-state index contributed by atoms with van der Waals surface area (Å²) in [4.78, 5) is 14.2. The third kappa shape index (κ3) is 4.34. The van der Waals surface area contributed by atoms with E-state index in [1.165, 1.54) is 18.3 Å². The number of fused-ring (bicyclic) bond motifs is 3. The van der Waals surface area contributed by atoms with Crippen LogP contribution in [0.15, 0.2) is 115 Å². The fourth-order valence-electron chi connectivity index (χ4n) is 4.74. The smallest absolute Gasteiger partial charge is 0.299 e. The van der Waals surface area contributed by atoms with E-state index in [1.54, 1.807) is 36.4 Å². The highest BCUT2D eigenvalue weighted by Crippen LogP contribution is 2.52. The van der Waals surface area contributed by atoms with E-state index in [2.05, 4.69) is 0 Å². The van der Waals surface area contributed by atoms with Gasteiger partial charge in [0.15, 0.2) is 17.5 Å². The minimum absolute atomic E-state index is 0.0637. The van der Waals surface area contributed by atoms with Gasteiger partial charge in [-0.3, -0.25) is 0 Å². The van der Waals surface area contributed by atoms with Crippen molar-refractivity contribution < 1.29 is 8.78 Å². The molecule has 1 aromatic heterocycles. The minimum Gasteiger partial charge on any atom is -0.405 e. The Labute approximate surface area is 224 Å². The molecule has 4 N–H and O–H groups in total. The maximum atomic E-state index is 15.5. The maximum absolute atomic E-state index is 15.5. The molecule has 0 radical (unpaired) electrons. The van der Waals surface area contributed by atoms with E-state index in [9.17, 15) is 0 Å². The van der Waals surface area contributed by atoms with Crippen LogP contribution in [0.25, 0.3) is 51.0 Å². The third-order valence-corrected chi connectivity index (χ3v) is 6.68. The zero-order chi connectivity index (χ0) is 27.0. The van der Waals surface area contributed by atoms with E-state index >= 15 is 8.78 Å². The molecule has 0 aliphatic heterocycles. The molecule has 0 bridgehead atoms. The van der Waals surface area contributed by atoms with Gasteiger partial charge in [-0.15, -0.1) is 0 Å². The first-order chi connectivity index (χ1) is 19.0. The summed E-state index contributed by atoms with van der Waals surface area (Å²) in [5.41, 5.74) is 15.6. The van der Waals surface area contributed by atoms with Crippen LogP contribution in [-0.4, -0.2) is 15.0 Å². The second kappa shape index (κ2) is 9.61. The van der Waals surface area contributed by atoms with Crippen LogP contribution in [0.1, 0.15) is 16.7 Å². The molecule has 1 aliphatic rings. The molecule has 0 atom stereocenters. The Morgan fingerprint density at radius 3 is 1.72 bits per heavy atom. The van der Waals surface area contributed by atoms with E-state index < -0.39 is 5.92 Å². The topological polar surface area (TPSA) is 90.7 Å². The van der Waals surface area contributed by atoms with E-state index in [0.29, 0.717) is 45.4 Å². The van der Waals surface area contributed by atoms with Gasteiger partial charge in [0.05, 0.1) is 0 Å². The number of nitrogens with two attached hydrogens (primary N) is 2. The minimum atomic E-state index is -3.14. The van der Waals surface area contributed by atoms with Crippen molar-refractivity contribution in [1.82, 2.24) is 15.0 Å². The second-order valence-electron chi connectivity index (χ2n) is 9.14. The number of hydrogen-bond donors (Lipinski definition) is 2. The van der Waals surface area contributed by atoms with Gasteiger partial charge in [0.25, 0.3) is 5.92 Å². The van der Waals surface area contributed by atoms with Gasteiger partial charge in [0.1, 0.15) is 0 Å². The lowest BCUT2D eigenvalue weighted by atomic mass is 9.99. The standard InChI is InChI=1S/C32H23F2N5/c33-32(34)26-15-13-22(28(36)12-7-17-35)18-24(26)25-19-23(14-16-27(25)32)31-38-29(20-8-3-1-4-9-20)37-30(39-31)21-10-5-2-6-11-21/h1-19H,35-36H2/b17-7-,28-12-. The van der Waals surface area contributed by atoms with Crippen molar-refractivity contribution in [3.05, 3.63) is 132 Å². The zero-order valence-corrected chi connectivity index (χ0v) is 20.7. The normalized spacial score (nSPS) is 13.8. The van der Waals surface area contributed by atoms with E-state index in [-0.39, 0.29) is 11.1 Å². The van der Waals surface area contributed by atoms with Crippen molar-refractivity contribution in [2.75, 3.05) is 0 Å². The lowest BCUT2D eigenvalue weighted by Crippen LogP contribution is -2.11. The summed E-state index contributed by atoms with van der Waals surface area (Å²) >= 11 is 0. The molecule has 1 heterocycles. The lowest BCUT2D eigenvalue weighted by Gasteiger charge is -2.13. The summed E-state index contributed by atoms with van der Waals surface area (Å²) in [5.74, 6) is -1.75. The molecule has 0 saturated heterocycles. The second-order valence-corrected chi connectivity index (χ2v) is 9.14. The molecule has 0 unspecified atom stereocenters. The predicted molar refractivity (Wildman–Crippen MR) is 150 cm³/mol. The van der Waals surface area contributed by atoms with Gasteiger partial charge < -0.3 is 11.5 Å². The first-order valence-corrected chi connectivity index (χ1v) is 12.3. The molecule has 0 spiro atoms. The summed E-state index contributed by atoms with van der Waals surface area (Å²) in [6, 6.07) is 28.7. The highest BCUT2D eigenvalue weighted by molar-refractivity contribution is 5.85. The number of halogens is 2. The molecule has 5 nitrogen and oxygen atoms in total. The van der Waals surface area contributed by atoms with Gasteiger partial charge in [0.2, 0.25) is 0 Å². The SMILES string of the molecule is N/C=C\C=C(/N)c1ccc2c(c1)-c1cc(-c3nc(-c4ccccc4)nc(-c4ccccc4)n3)ccc1C2(F)F. The van der Waals surface area contributed by atoms with Crippen LogP contribution < -0.4 is 11.5 Å². The zero-order valence-electron chi connectivity index (χ0n) is 20.7. The average molecular weight is 516 g/mol. The van der Waals surface area contributed by atoms with Crippen LogP contribution in [0.5, 0.6) is 0 Å². The number of allylic oxidation sites excluding steroid dienone is 2. The number of nitrogens with zero attached hydrogens (tertiary/aromatic N) is 3. The Morgan fingerprint density at radius 2 is 1.15 bits per heavy atom. The van der Waals surface area contributed by atoms with Crippen molar-refractivity contribution in [3.63, 3.8) is 0 Å². The van der Waals surface area contributed by atoms with Crippen molar-refractivity contribution >= 4 is 5.70 Å². The van der Waals surface area contributed by atoms with Crippen molar-refractivity contribution in [2.24, 2.45) is 11.5 Å². The Kier molecular flexibility index (Phi) is 5.96. The Balaban J connectivity index is 1.52. The average Bonchev–Trinajstić information content (AvgIpc) is 3.22. The Hall–Kier alpha value is -5.17. The fourth-order valence-corrected chi connectivity index (χ4v) is 4.74. The maximum Gasteiger partial charge on any atom is 0.299 e. The number of rotatable bonds is 5. The summed E-state index contributed by atoms with van der Waals surface area (Å²) in [6.07, 6.45) is 4.59. The molecular weight excluding hydrogens is 492 g/mol. The third-order valence-electron chi connectivity index (χ3n) is 6.68. The quantitative estimate of drug-likeness (QED) is 0.252. The van der Waals surface area contributed by atoms with Crippen LogP contribution in [-0.2, 0) is 5.92 Å². The number of benzene rings is 4. The van der Waals surface area contributed by atoms with Gasteiger partial charge in [-0.2, -0.15) is 8.78 Å². The fraction of sp³-hybridized carbons (Fsp3) is 0.0312. The molecule has 6 rings (SSSR count). The highest BCUT2D eigenvalue weighted by atomic mass is 19.3. The molecule has 0 amide bonds. The molecule has 0 fully saturated rings. The van der Waals surface area contributed by atoms with E-state index in [0.717, 1.165) is 11.1 Å². The van der Waals surface area contributed by atoms with Crippen molar-refractivity contribution in [3.8, 4) is 45.3 Å². The molecule has 4 aromatic carbocycles. The van der Waals surface area contributed by atoms with Gasteiger partial charge in [0, 0.05) is 33.5 Å². The lowest BCUT2D eigenvalue weighted by molar-refractivity contribution is 0.0480. The van der Waals surface area contributed by atoms with E-state index in [4.69, 9.17) is 26.4 Å². The van der Waals surface area contributed by atoms with E-state index in [1.807, 2.05) is 60.7 Å². The highest BCUT2D eigenvalue weighted by Gasteiger charge is 2.44. The molecule has 7 heteroatoms. The van der Waals surface area contributed by atoms with Crippen LogP contribution in [0.4, 0.5) is 8.78 Å².